The second kappa shape index (κ2) is 16.2. The van der Waals surface area contributed by atoms with Crippen molar-refractivity contribution in [3.05, 3.63) is 248 Å². The molecule has 0 fully saturated rings. The number of anilines is 3. The van der Waals surface area contributed by atoms with Gasteiger partial charge in [-0.2, -0.15) is 0 Å². The summed E-state index contributed by atoms with van der Waals surface area (Å²) in [4.78, 5) is 2.32. The van der Waals surface area contributed by atoms with Crippen LogP contribution in [0.4, 0.5) is 17.1 Å². The number of fused-ring (bicyclic) bond motifs is 4. The topological polar surface area (TPSA) is 8.17 Å². The average molecular weight is 941 g/mol. The Balaban J connectivity index is 1.03. The first kappa shape index (κ1) is 37.1. The van der Waals surface area contributed by atoms with E-state index in [4.69, 9.17) is 6.58 Å². The van der Waals surface area contributed by atoms with Gasteiger partial charge in [-0.3, -0.25) is 0 Å². The van der Waals surface area contributed by atoms with Crippen LogP contribution in [0, 0.1) is 12.6 Å². The fourth-order valence-electron chi connectivity index (χ4n) is 8.30. The molecule has 0 spiro atoms. The van der Waals surface area contributed by atoms with Gasteiger partial charge in [0, 0.05) is 16.5 Å². The number of rotatable bonds is 10. The van der Waals surface area contributed by atoms with Crippen LogP contribution in [-0.2, 0) is 18.1 Å². The number of para-hydroxylation sites is 2. The summed E-state index contributed by atoms with van der Waals surface area (Å²) in [6, 6.07) is 79.1. The first-order chi connectivity index (χ1) is 29.6. The first-order valence-electron chi connectivity index (χ1n) is 20.1. The molecule has 0 aliphatic rings. The molecule has 0 N–H and O–H groups in total. The molecule has 0 saturated carbocycles. The summed E-state index contributed by atoms with van der Waals surface area (Å²) in [6.45, 7) is 6.23. The standard InChI is InChI=1S/C57H38N2.Os/c1-2-42(25-24-41-14-5-3-6-15-41)43-26-33-49(34-27-43)58(51-37-30-46(31-38-51)53-22-13-17-45-16-9-10-20-52(45)53)50-35-28-44(29-36-50)47-32-39-57-55(40-47)54-21-11-12-23-56(54)59(57)48-18-7-4-8-19-48;/h1-14,16-23,25-40H;/q-2;/b42-25+;. The third-order valence-corrected chi connectivity index (χ3v) is 12.3. The van der Waals surface area contributed by atoms with Crippen molar-refractivity contribution in [1.82, 2.24) is 4.57 Å². The van der Waals surface area contributed by atoms with Crippen LogP contribution in [0.25, 0.3) is 66.1 Å². The molecule has 60 heavy (non-hydrogen) atoms. The summed E-state index contributed by atoms with van der Waals surface area (Å²) in [6.07, 6.45) is 3.82. The summed E-state index contributed by atoms with van der Waals surface area (Å²) in [7, 11) is 0. The molecule has 0 amide bonds. The quantitative estimate of drug-likeness (QED) is 0.0980. The van der Waals surface area contributed by atoms with Crippen molar-refractivity contribution in [1.29, 1.82) is 0 Å². The monoisotopic (exact) mass is 942 g/mol. The van der Waals surface area contributed by atoms with E-state index in [0.717, 1.165) is 49.1 Å². The van der Waals surface area contributed by atoms with E-state index in [9.17, 15) is 0 Å². The molecule has 0 radical (unpaired) electrons. The fourth-order valence-corrected chi connectivity index (χ4v) is 9.09. The molecule has 1 aromatic heterocycles. The van der Waals surface area contributed by atoms with Crippen LogP contribution >= 0.6 is 0 Å². The van der Waals surface area contributed by atoms with Gasteiger partial charge < -0.3 is 4.57 Å². The van der Waals surface area contributed by atoms with E-state index < -0.39 is 0 Å². The molecule has 286 valence electrons. The Labute approximate surface area is 361 Å². The summed E-state index contributed by atoms with van der Waals surface area (Å²) >= 11 is 1.85. The number of nitrogens with zero attached hydrogens (tertiary/aromatic N) is 2. The van der Waals surface area contributed by atoms with Crippen LogP contribution in [-0.4, -0.2) is 8.63 Å². The third kappa shape index (κ3) is 7.05. The molecule has 10 rings (SSSR count). The zero-order valence-corrected chi connectivity index (χ0v) is 35.2. The van der Waals surface area contributed by atoms with Crippen molar-refractivity contribution in [3.8, 4) is 27.9 Å². The molecular formula is C57H38N2Os-2. The second-order valence-electron chi connectivity index (χ2n) is 14.8. The van der Waals surface area contributed by atoms with Gasteiger partial charge in [0.2, 0.25) is 0 Å². The van der Waals surface area contributed by atoms with Gasteiger partial charge in [-0.05, 0) is 52.2 Å². The van der Waals surface area contributed by atoms with E-state index in [1.165, 1.54) is 49.3 Å². The van der Waals surface area contributed by atoms with Gasteiger partial charge in [0.15, 0.2) is 0 Å². The number of hydrogen-bond acceptors (Lipinski definition) is 1. The van der Waals surface area contributed by atoms with Crippen LogP contribution < -0.4 is 4.90 Å². The Hall–Kier alpha value is -7.17. The number of hydrogen-bond donors (Lipinski definition) is 0. The Morgan fingerprint density at radius 1 is 0.517 bits per heavy atom. The van der Waals surface area contributed by atoms with Crippen molar-refractivity contribution in [3.63, 3.8) is 0 Å². The molecule has 0 unspecified atom stereocenters. The van der Waals surface area contributed by atoms with Crippen LogP contribution in [0.1, 0.15) is 11.1 Å². The van der Waals surface area contributed by atoms with Gasteiger partial charge in [-0.1, -0.05) is 84.9 Å². The van der Waals surface area contributed by atoms with E-state index in [0.29, 0.717) is 0 Å². The summed E-state index contributed by atoms with van der Waals surface area (Å²) in [5, 5.41) is 4.97. The molecule has 0 bridgehead atoms. The van der Waals surface area contributed by atoms with Gasteiger partial charge in [-0.25, -0.2) is 0 Å². The van der Waals surface area contributed by atoms with Crippen molar-refractivity contribution in [2.45, 2.75) is 0 Å². The van der Waals surface area contributed by atoms with Gasteiger partial charge in [-0.15, -0.1) is 0 Å². The van der Waals surface area contributed by atoms with Crippen LogP contribution in [0.5, 0.6) is 0 Å². The maximum atomic E-state index is 6.23. The van der Waals surface area contributed by atoms with E-state index in [1.807, 2.05) is 36.3 Å². The number of benzene rings is 9. The van der Waals surface area contributed by atoms with Gasteiger partial charge in [0.1, 0.15) is 0 Å². The van der Waals surface area contributed by atoms with E-state index >= 15 is 0 Å². The predicted molar refractivity (Wildman–Crippen MR) is 250 cm³/mol. The van der Waals surface area contributed by atoms with Crippen LogP contribution in [0.2, 0.25) is 0 Å². The van der Waals surface area contributed by atoms with E-state index in [2.05, 4.69) is 216 Å². The van der Waals surface area contributed by atoms with Crippen LogP contribution in [0.3, 0.4) is 0 Å². The molecule has 3 heteroatoms. The molecule has 10 aromatic rings. The van der Waals surface area contributed by atoms with Gasteiger partial charge >= 0.3 is 194 Å². The summed E-state index contributed by atoms with van der Waals surface area (Å²) in [5.74, 6) is 0. The zero-order valence-electron chi connectivity index (χ0n) is 32.7. The molecule has 0 saturated heterocycles. The third-order valence-electron chi connectivity index (χ3n) is 11.2. The molecule has 0 aliphatic heterocycles. The molecule has 2 nitrogen and oxygen atoms in total. The SMILES string of the molecule is [CH-]=C/C(=C\[C](=[Os])c1[c-]cccc1)c1ccc(N(c2ccc(-c3ccc4c(c3)c3ccccc3n4-c3ccccc3)cc2)c2ccc(-c3cccc4ccccc34)cc2)cc1. The predicted octanol–water partition coefficient (Wildman–Crippen LogP) is 14.7. The normalized spacial score (nSPS) is 11.6. The number of aromatic nitrogens is 1. The first-order valence-corrected chi connectivity index (χ1v) is 21.3. The second-order valence-corrected chi connectivity index (χ2v) is 16.2. The Morgan fingerprint density at radius 2 is 1.12 bits per heavy atom. The average Bonchev–Trinajstić information content (AvgIpc) is 3.65. The van der Waals surface area contributed by atoms with E-state index in [1.54, 1.807) is 6.08 Å². The molecular weight excluding hydrogens is 903 g/mol. The van der Waals surface area contributed by atoms with Crippen molar-refractivity contribution < 1.29 is 18.1 Å². The summed E-state index contributed by atoms with van der Waals surface area (Å²) < 4.78 is 3.49. The van der Waals surface area contributed by atoms with Crippen LogP contribution in [0.15, 0.2) is 224 Å². The Bertz CT molecular complexity index is 3190. The zero-order chi connectivity index (χ0) is 40.4. The van der Waals surface area contributed by atoms with Crippen molar-refractivity contribution in [2.75, 3.05) is 4.90 Å². The minimum absolute atomic E-state index is 0.961. The fraction of sp³-hybridized carbons (Fsp3) is 0. The number of allylic oxidation sites excluding steroid dienone is 3. The van der Waals surface area contributed by atoms with Gasteiger partial charge in [0.25, 0.3) is 0 Å². The van der Waals surface area contributed by atoms with E-state index in [-0.39, 0.29) is 0 Å². The van der Waals surface area contributed by atoms with Crippen molar-refractivity contribution >= 4 is 59.3 Å². The minimum atomic E-state index is 0.961. The molecule has 9 aromatic carbocycles. The molecule has 0 atom stereocenters. The molecule has 1 heterocycles. The molecule has 0 aliphatic carbocycles. The van der Waals surface area contributed by atoms with Crippen molar-refractivity contribution in [2.24, 2.45) is 0 Å². The maximum absolute atomic E-state index is 6.23. The summed E-state index contributed by atoms with van der Waals surface area (Å²) in [5.41, 5.74) is 14.6. The Morgan fingerprint density at radius 3 is 1.83 bits per heavy atom. The van der Waals surface area contributed by atoms with Gasteiger partial charge in [0.05, 0.1) is 11.0 Å². The Kier molecular flexibility index (Phi) is 10.0.